The van der Waals surface area contributed by atoms with Crippen LogP contribution in [-0.4, -0.2) is 28.8 Å². The van der Waals surface area contributed by atoms with E-state index in [1.165, 1.54) is 0 Å². The molecule has 0 saturated carbocycles. The molecule has 0 bridgehead atoms. The molecule has 1 aromatic heterocycles. The molecule has 1 aliphatic heterocycles. The molecule has 0 aliphatic carbocycles. The average Bonchev–Trinajstić information content (AvgIpc) is 2.83. The number of hydrogen-bond acceptors (Lipinski definition) is 6. The summed E-state index contributed by atoms with van der Waals surface area (Å²) in [4.78, 5) is 5.10. The molecule has 0 amide bonds. The monoisotopic (exact) mass is 465 g/mol. The molecule has 6 nitrogen and oxygen atoms in total. The van der Waals surface area contributed by atoms with Gasteiger partial charge < -0.3 is 19.3 Å². The van der Waals surface area contributed by atoms with Crippen molar-refractivity contribution in [3.05, 3.63) is 84.0 Å². The number of halogens is 1. The number of pyridine rings is 1. The van der Waals surface area contributed by atoms with Gasteiger partial charge in [-0.3, -0.25) is 0 Å². The highest BCUT2D eigenvalue weighted by Gasteiger charge is 2.23. The van der Waals surface area contributed by atoms with Gasteiger partial charge in [0.2, 0.25) is 0 Å². The van der Waals surface area contributed by atoms with E-state index in [1.54, 1.807) is 6.20 Å². The summed E-state index contributed by atoms with van der Waals surface area (Å²) in [6.07, 6.45) is 1.54. The molecule has 5 rings (SSSR count). The Morgan fingerprint density at radius 3 is 2.69 bits per heavy atom. The SMILES string of the molecule is [O-][S+](NCC1COc2ccccc2O1)c1ccc(Nc2nccc3ccc(Cl)cc23)cc1. The predicted molar refractivity (Wildman–Crippen MR) is 127 cm³/mol. The zero-order chi connectivity index (χ0) is 21.9. The lowest BCUT2D eigenvalue weighted by Gasteiger charge is -2.26. The zero-order valence-electron chi connectivity index (χ0n) is 17.0. The van der Waals surface area contributed by atoms with Gasteiger partial charge in [-0.15, -0.1) is 4.72 Å². The summed E-state index contributed by atoms with van der Waals surface area (Å²) in [7, 11) is 0. The molecule has 32 heavy (non-hydrogen) atoms. The first-order chi connectivity index (χ1) is 15.7. The van der Waals surface area contributed by atoms with E-state index in [1.807, 2.05) is 72.8 Å². The van der Waals surface area contributed by atoms with Gasteiger partial charge in [0.15, 0.2) is 16.4 Å². The van der Waals surface area contributed by atoms with Gasteiger partial charge in [-0.1, -0.05) is 29.8 Å². The van der Waals surface area contributed by atoms with Gasteiger partial charge in [0.25, 0.3) is 0 Å². The van der Waals surface area contributed by atoms with Crippen LogP contribution in [0.2, 0.25) is 5.02 Å². The Balaban J connectivity index is 1.21. The quantitative estimate of drug-likeness (QED) is 0.386. The summed E-state index contributed by atoms with van der Waals surface area (Å²) in [5, 5.41) is 5.94. The second-order valence-electron chi connectivity index (χ2n) is 7.29. The Kier molecular flexibility index (Phi) is 6.05. The fraction of sp³-hybridized carbons (Fsp3) is 0.125. The Bertz CT molecular complexity index is 1240. The van der Waals surface area contributed by atoms with E-state index in [2.05, 4.69) is 15.0 Å². The van der Waals surface area contributed by atoms with E-state index in [-0.39, 0.29) is 6.10 Å². The van der Waals surface area contributed by atoms with Crippen molar-refractivity contribution >= 4 is 45.2 Å². The average molecular weight is 466 g/mol. The van der Waals surface area contributed by atoms with Gasteiger partial charge in [-0.05, 0) is 60.0 Å². The summed E-state index contributed by atoms with van der Waals surface area (Å²) in [5.41, 5.74) is 0.839. The highest BCUT2D eigenvalue weighted by molar-refractivity contribution is 7.89. The van der Waals surface area contributed by atoms with Crippen molar-refractivity contribution in [3.8, 4) is 11.5 Å². The number of nitrogens with zero attached hydrogens (tertiary/aromatic N) is 1. The number of nitrogens with one attached hydrogen (secondary N) is 2. The van der Waals surface area contributed by atoms with Gasteiger partial charge in [0, 0.05) is 22.3 Å². The van der Waals surface area contributed by atoms with Crippen LogP contribution in [0.1, 0.15) is 0 Å². The Morgan fingerprint density at radius 2 is 1.84 bits per heavy atom. The molecule has 0 fully saturated rings. The topological polar surface area (TPSA) is 78.5 Å². The highest BCUT2D eigenvalue weighted by atomic mass is 35.5. The Labute approximate surface area is 193 Å². The van der Waals surface area contributed by atoms with Crippen molar-refractivity contribution in [1.82, 2.24) is 9.71 Å². The van der Waals surface area contributed by atoms with Crippen LogP contribution in [0.4, 0.5) is 11.5 Å². The Hall–Kier alpha value is -2.97. The fourth-order valence-electron chi connectivity index (χ4n) is 3.45. The van der Waals surface area contributed by atoms with Crippen LogP contribution in [0.15, 0.2) is 83.9 Å². The third kappa shape index (κ3) is 4.61. The molecule has 3 aromatic carbocycles. The van der Waals surface area contributed by atoms with Gasteiger partial charge >= 0.3 is 0 Å². The zero-order valence-corrected chi connectivity index (χ0v) is 18.5. The second-order valence-corrected chi connectivity index (χ2v) is 9.02. The highest BCUT2D eigenvalue weighted by Crippen LogP contribution is 2.31. The summed E-state index contributed by atoms with van der Waals surface area (Å²) >= 11 is 4.78. The van der Waals surface area contributed by atoms with Gasteiger partial charge in [0.1, 0.15) is 18.5 Å². The van der Waals surface area contributed by atoms with Crippen molar-refractivity contribution in [1.29, 1.82) is 0 Å². The number of hydrogen-bond donors (Lipinski definition) is 2. The molecule has 1 aliphatic rings. The standard InChI is InChI=1S/C24H20ClN3O3S/c25-17-6-5-16-11-12-26-24(21(16)13-17)28-18-7-9-20(10-8-18)32(29)27-14-19-15-30-22-3-1-2-4-23(22)31-19/h1-13,19,27H,14-15H2,(H,26,28). The molecular formula is C24H20ClN3O3S. The fourth-order valence-corrected chi connectivity index (χ4v) is 4.51. The van der Waals surface area contributed by atoms with Crippen LogP contribution in [-0.2, 0) is 11.4 Å². The van der Waals surface area contributed by atoms with Crippen LogP contribution < -0.4 is 19.5 Å². The summed E-state index contributed by atoms with van der Waals surface area (Å²) in [6, 6.07) is 22.5. The molecule has 2 heterocycles. The predicted octanol–water partition coefficient (Wildman–Crippen LogP) is 5.08. The first-order valence-corrected chi connectivity index (χ1v) is 11.6. The molecule has 0 radical (unpaired) electrons. The van der Waals surface area contributed by atoms with E-state index >= 15 is 0 Å². The second kappa shape index (κ2) is 9.26. The Morgan fingerprint density at radius 1 is 1.03 bits per heavy atom. The van der Waals surface area contributed by atoms with E-state index in [0.29, 0.717) is 34.6 Å². The molecule has 2 atom stereocenters. The lowest BCUT2D eigenvalue weighted by Crippen LogP contribution is -2.40. The van der Waals surface area contributed by atoms with Crippen LogP contribution >= 0.6 is 11.6 Å². The van der Waals surface area contributed by atoms with Crippen molar-refractivity contribution in [2.75, 3.05) is 18.5 Å². The van der Waals surface area contributed by atoms with E-state index in [0.717, 1.165) is 22.2 Å². The number of para-hydroxylation sites is 2. The third-order valence-electron chi connectivity index (χ3n) is 5.07. The largest absolute Gasteiger partial charge is 0.593 e. The van der Waals surface area contributed by atoms with Crippen LogP contribution in [0.25, 0.3) is 10.8 Å². The van der Waals surface area contributed by atoms with Crippen molar-refractivity contribution in [2.24, 2.45) is 0 Å². The van der Waals surface area contributed by atoms with E-state index in [9.17, 15) is 4.55 Å². The molecule has 162 valence electrons. The smallest absolute Gasteiger partial charge is 0.174 e. The number of ether oxygens (including phenoxy) is 2. The van der Waals surface area contributed by atoms with Crippen molar-refractivity contribution in [2.45, 2.75) is 11.0 Å². The maximum Gasteiger partial charge on any atom is 0.174 e. The first kappa shape index (κ1) is 20.9. The number of aromatic nitrogens is 1. The summed E-state index contributed by atoms with van der Waals surface area (Å²) < 4.78 is 27.3. The minimum absolute atomic E-state index is 0.209. The van der Waals surface area contributed by atoms with Gasteiger partial charge in [-0.2, -0.15) is 0 Å². The normalized spacial score (nSPS) is 16.0. The maximum absolute atomic E-state index is 12.7. The summed E-state index contributed by atoms with van der Waals surface area (Å²) in [6.45, 7) is 0.813. The first-order valence-electron chi connectivity index (χ1n) is 10.1. The van der Waals surface area contributed by atoms with Crippen LogP contribution in [0, 0.1) is 0 Å². The lowest BCUT2D eigenvalue weighted by atomic mass is 10.1. The summed E-state index contributed by atoms with van der Waals surface area (Å²) in [5.74, 6) is 2.15. The van der Waals surface area contributed by atoms with Crippen LogP contribution in [0.5, 0.6) is 11.5 Å². The van der Waals surface area contributed by atoms with Crippen molar-refractivity contribution < 1.29 is 14.0 Å². The van der Waals surface area contributed by atoms with Crippen LogP contribution in [0.3, 0.4) is 0 Å². The lowest BCUT2D eigenvalue weighted by molar-refractivity contribution is 0.0943. The third-order valence-corrected chi connectivity index (χ3v) is 6.43. The molecule has 2 N–H and O–H groups in total. The number of fused-ring (bicyclic) bond motifs is 2. The molecule has 4 aromatic rings. The molecule has 8 heteroatoms. The molecule has 0 spiro atoms. The number of anilines is 2. The maximum atomic E-state index is 12.7. The minimum Gasteiger partial charge on any atom is -0.593 e. The van der Waals surface area contributed by atoms with E-state index in [4.69, 9.17) is 21.1 Å². The van der Waals surface area contributed by atoms with Gasteiger partial charge in [-0.25, -0.2) is 4.98 Å². The molecular weight excluding hydrogens is 446 g/mol. The molecule has 0 saturated heterocycles. The minimum atomic E-state index is -1.37. The number of benzene rings is 3. The van der Waals surface area contributed by atoms with Crippen molar-refractivity contribution in [3.63, 3.8) is 0 Å². The van der Waals surface area contributed by atoms with E-state index < -0.39 is 11.4 Å². The molecule has 2 unspecified atom stereocenters. The number of rotatable bonds is 6. The van der Waals surface area contributed by atoms with Gasteiger partial charge in [0.05, 0.1) is 17.9 Å².